The third kappa shape index (κ3) is 2.47. The molecule has 80 valence electrons. The molecule has 1 aliphatic heterocycles. The summed E-state index contributed by atoms with van der Waals surface area (Å²) in [5, 5.41) is 8.68. The quantitative estimate of drug-likeness (QED) is 0.815. The summed E-state index contributed by atoms with van der Waals surface area (Å²) in [5.41, 5.74) is 0.266. The molecular formula is C11H12O4. The van der Waals surface area contributed by atoms with Crippen molar-refractivity contribution in [1.29, 1.82) is 0 Å². The molecule has 4 nitrogen and oxygen atoms in total. The predicted octanol–water partition coefficient (Wildman–Crippen LogP) is 1.55. The van der Waals surface area contributed by atoms with Gasteiger partial charge in [0.15, 0.2) is 0 Å². The predicted molar refractivity (Wildman–Crippen MR) is 53.3 cm³/mol. The van der Waals surface area contributed by atoms with Crippen LogP contribution in [0.2, 0.25) is 0 Å². The SMILES string of the molecule is O=C(O)c1ccc(OC[C@@H]2CCO2)cc1. The first kappa shape index (κ1) is 9.98. The maximum atomic E-state index is 10.6. The normalized spacial score (nSPS) is 19.3. The largest absolute Gasteiger partial charge is 0.491 e. The van der Waals surface area contributed by atoms with E-state index in [-0.39, 0.29) is 11.7 Å². The average Bonchev–Trinajstić information content (AvgIpc) is 2.16. The molecule has 1 saturated heterocycles. The highest BCUT2D eigenvalue weighted by atomic mass is 16.5. The Kier molecular flexibility index (Phi) is 2.87. The second-order valence-corrected chi connectivity index (χ2v) is 3.42. The molecule has 0 aromatic heterocycles. The standard InChI is InChI=1S/C11H12O4/c12-11(13)8-1-3-9(4-2-8)15-7-10-5-6-14-10/h1-4,10H,5-7H2,(H,12,13)/t10-/m0/s1. The van der Waals surface area contributed by atoms with Crippen molar-refractivity contribution >= 4 is 5.97 Å². The molecular weight excluding hydrogens is 196 g/mol. The Morgan fingerprint density at radius 1 is 1.47 bits per heavy atom. The number of aromatic carboxylic acids is 1. The lowest BCUT2D eigenvalue weighted by molar-refractivity contribution is -0.0720. The molecule has 4 heteroatoms. The lowest BCUT2D eigenvalue weighted by Crippen LogP contribution is -2.32. The van der Waals surface area contributed by atoms with Gasteiger partial charge in [-0.1, -0.05) is 0 Å². The van der Waals surface area contributed by atoms with Crippen molar-refractivity contribution in [2.75, 3.05) is 13.2 Å². The monoisotopic (exact) mass is 208 g/mol. The second-order valence-electron chi connectivity index (χ2n) is 3.42. The fourth-order valence-corrected chi connectivity index (χ4v) is 1.30. The van der Waals surface area contributed by atoms with Gasteiger partial charge in [0.25, 0.3) is 0 Å². The molecule has 0 radical (unpaired) electrons. The van der Waals surface area contributed by atoms with Crippen LogP contribution in [-0.4, -0.2) is 30.4 Å². The van der Waals surface area contributed by atoms with E-state index in [1.165, 1.54) is 12.1 Å². The van der Waals surface area contributed by atoms with E-state index in [0.29, 0.717) is 12.4 Å². The van der Waals surface area contributed by atoms with Crippen LogP contribution in [0.25, 0.3) is 0 Å². The Hall–Kier alpha value is -1.55. The second kappa shape index (κ2) is 4.31. The van der Waals surface area contributed by atoms with E-state index in [1.807, 2.05) is 0 Å². The van der Waals surface area contributed by atoms with Crippen molar-refractivity contribution in [3.63, 3.8) is 0 Å². The van der Waals surface area contributed by atoms with Gasteiger partial charge >= 0.3 is 5.97 Å². The molecule has 1 aromatic carbocycles. The van der Waals surface area contributed by atoms with Crippen molar-refractivity contribution in [2.24, 2.45) is 0 Å². The third-order valence-corrected chi connectivity index (χ3v) is 2.33. The highest BCUT2D eigenvalue weighted by Crippen LogP contribution is 2.16. The minimum Gasteiger partial charge on any atom is -0.491 e. The van der Waals surface area contributed by atoms with Gasteiger partial charge in [-0.15, -0.1) is 0 Å². The van der Waals surface area contributed by atoms with Gasteiger partial charge in [0.05, 0.1) is 11.7 Å². The zero-order valence-electron chi connectivity index (χ0n) is 8.18. The van der Waals surface area contributed by atoms with Crippen molar-refractivity contribution in [1.82, 2.24) is 0 Å². The molecule has 0 spiro atoms. The fourth-order valence-electron chi connectivity index (χ4n) is 1.30. The van der Waals surface area contributed by atoms with Crippen molar-refractivity contribution < 1.29 is 19.4 Å². The van der Waals surface area contributed by atoms with Crippen LogP contribution in [0, 0.1) is 0 Å². The lowest BCUT2D eigenvalue weighted by Gasteiger charge is -2.26. The summed E-state index contributed by atoms with van der Waals surface area (Å²) in [6, 6.07) is 6.36. The number of carboxylic acid groups (broad SMARTS) is 1. The van der Waals surface area contributed by atoms with Crippen LogP contribution in [0.15, 0.2) is 24.3 Å². The molecule has 1 N–H and O–H groups in total. The smallest absolute Gasteiger partial charge is 0.335 e. The number of carbonyl (C=O) groups is 1. The highest BCUT2D eigenvalue weighted by Gasteiger charge is 2.18. The number of benzene rings is 1. The van der Waals surface area contributed by atoms with E-state index in [0.717, 1.165) is 13.0 Å². The van der Waals surface area contributed by atoms with Crippen molar-refractivity contribution in [2.45, 2.75) is 12.5 Å². The first-order chi connectivity index (χ1) is 7.25. The van der Waals surface area contributed by atoms with E-state index >= 15 is 0 Å². The number of ether oxygens (including phenoxy) is 2. The van der Waals surface area contributed by atoms with Crippen LogP contribution >= 0.6 is 0 Å². The van der Waals surface area contributed by atoms with E-state index in [1.54, 1.807) is 12.1 Å². The zero-order valence-corrected chi connectivity index (χ0v) is 8.18. The number of hydrogen-bond acceptors (Lipinski definition) is 3. The average molecular weight is 208 g/mol. The van der Waals surface area contributed by atoms with Gasteiger partial charge in [0.1, 0.15) is 12.4 Å². The molecule has 0 amide bonds. The molecule has 0 saturated carbocycles. The molecule has 1 aliphatic rings. The van der Waals surface area contributed by atoms with E-state index in [9.17, 15) is 4.79 Å². The van der Waals surface area contributed by atoms with Crippen LogP contribution in [0.5, 0.6) is 5.75 Å². The minimum absolute atomic E-state index is 0.198. The van der Waals surface area contributed by atoms with Crippen LogP contribution in [-0.2, 0) is 4.74 Å². The zero-order chi connectivity index (χ0) is 10.7. The van der Waals surface area contributed by atoms with Gasteiger partial charge in [-0.2, -0.15) is 0 Å². The van der Waals surface area contributed by atoms with Gasteiger partial charge in [-0.25, -0.2) is 4.79 Å². The summed E-state index contributed by atoms with van der Waals surface area (Å²) < 4.78 is 10.6. The summed E-state index contributed by atoms with van der Waals surface area (Å²) >= 11 is 0. The van der Waals surface area contributed by atoms with Crippen molar-refractivity contribution in [3.05, 3.63) is 29.8 Å². The Balaban J connectivity index is 1.88. The maximum Gasteiger partial charge on any atom is 0.335 e. The van der Waals surface area contributed by atoms with E-state index in [4.69, 9.17) is 14.6 Å². The molecule has 0 aliphatic carbocycles. The molecule has 1 heterocycles. The van der Waals surface area contributed by atoms with Gasteiger partial charge in [-0.05, 0) is 24.3 Å². The molecule has 2 rings (SSSR count). The van der Waals surface area contributed by atoms with E-state index < -0.39 is 5.97 Å². The maximum absolute atomic E-state index is 10.6. The first-order valence-electron chi connectivity index (χ1n) is 4.83. The van der Waals surface area contributed by atoms with Crippen molar-refractivity contribution in [3.8, 4) is 5.75 Å². The summed E-state index contributed by atoms with van der Waals surface area (Å²) in [5.74, 6) is -0.251. The lowest BCUT2D eigenvalue weighted by atomic mass is 10.2. The Morgan fingerprint density at radius 2 is 2.13 bits per heavy atom. The molecule has 1 atom stereocenters. The van der Waals surface area contributed by atoms with Gasteiger partial charge in [-0.3, -0.25) is 0 Å². The Morgan fingerprint density at radius 3 is 2.60 bits per heavy atom. The van der Waals surface area contributed by atoms with Gasteiger partial charge < -0.3 is 14.6 Å². The number of rotatable bonds is 4. The van der Waals surface area contributed by atoms with Crippen LogP contribution in [0.1, 0.15) is 16.8 Å². The van der Waals surface area contributed by atoms with Crippen LogP contribution < -0.4 is 4.74 Å². The Labute approximate surface area is 87.4 Å². The Bertz CT molecular complexity index is 340. The first-order valence-corrected chi connectivity index (χ1v) is 4.83. The highest BCUT2D eigenvalue weighted by molar-refractivity contribution is 5.87. The van der Waals surface area contributed by atoms with Crippen LogP contribution in [0.3, 0.4) is 0 Å². The summed E-state index contributed by atoms with van der Waals surface area (Å²) in [4.78, 5) is 10.6. The molecule has 0 unspecified atom stereocenters. The summed E-state index contributed by atoms with van der Waals surface area (Å²) in [6.07, 6.45) is 1.23. The topological polar surface area (TPSA) is 55.8 Å². The van der Waals surface area contributed by atoms with Crippen LogP contribution in [0.4, 0.5) is 0 Å². The summed E-state index contributed by atoms with van der Waals surface area (Å²) in [7, 11) is 0. The third-order valence-electron chi connectivity index (χ3n) is 2.33. The molecule has 1 fully saturated rings. The number of carboxylic acids is 1. The van der Waals surface area contributed by atoms with Gasteiger partial charge in [0.2, 0.25) is 0 Å². The van der Waals surface area contributed by atoms with E-state index in [2.05, 4.69) is 0 Å². The van der Waals surface area contributed by atoms with Gasteiger partial charge in [0, 0.05) is 13.0 Å². The fraction of sp³-hybridized carbons (Fsp3) is 0.364. The minimum atomic E-state index is -0.927. The molecule has 1 aromatic rings. The summed E-state index contributed by atoms with van der Waals surface area (Å²) in [6.45, 7) is 1.35. The number of hydrogen-bond donors (Lipinski definition) is 1. The molecule has 15 heavy (non-hydrogen) atoms. The molecule has 0 bridgehead atoms.